The Hall–Kier alpha value is -1.80. The molecule has 0 bridgehead atoms. The molecule has 2 nitrogen and oxygen atoms in total. The van der Waals surface area contributed by atoms with Crippen molar-refractivity contribution in [3.8, 4) is 0 Å². The van der Waals surface area contributed by atoms with Crippen molar-refractivity contribution in [1.29, 1.82) is 0 Å². The number of amides is 1. The first-order chi connectivity index (χ1) is 10.7. The zero-order valence-electron chi connectivity index (χ0n) is 12.5. The largest absolute Gasteiger partial charge is 0.338 e. The van der Waals surface area contributed by atoms with E-state index in [4.69, 9.17) is 11.6 Å². The lowest BCUT2D eigenvalue weighted by Crippen LogP contribution is -2.34. The van der Waals surface area contributed by atoms with E-state index >= 15 is 0 Å². The first-order valence-corrected chi connectivity index (χ1v) is 8.21. The van der Waals surface area contributed by atoms with Crippen LogP contribution in [0.4, 0.5) is 0 Å². The van der Waals surface area contributed by atoms with Crippen LogP contribution in [0.1, 0.15) is 41.1 Å². The third kappa shape index (κ3) is 3.50. The zero-order valence-corrected chi connectivity index (χ0v) is 13.3. The van der Waals surface area contributed by atoms with E-state index in [2.05, 4.69) is 24.3 Å². The molecule has 1 heterocycles. The van der Waals surface area contributed by atoms with E-state index in [1.165, 1.54) is 12.0 Å². The summed E-state index contributed by atoms with van der Waals surface area (Å²) in [6, 6.07) is 17.7. The fourth-order valence-corrected chi connectivity index (χ4v) is 3.32. The molecule has 2 aromatic carbocycles. The van der Waals surface area contributed by atoms with Gasteiger partial charge in [0.15, 0.2) is 0 Å². The second-order valence-corrected chi connectivity index (χ2v) is 6.30. The maximum atomic E-state index is 12.7. The lowest BCUT2D eigenvalue weighted by Gasteiger charge is -2.25. The van der Waals surface area contributed by atoms with Crippen LogP contribution in [-0.2, 0) is 0 Å². The van der Waals surface area contributed by atoms with Crippen LogP contribution in [0.2, 0.25) is 5.02 Å². The number of likely N-dealkylation sites (tertiary alicyclic amines) is 1. The number of carbonyl (C=O) groups is 1. The molecule has 22 heavy (non-hydrogen) atoms. The van der Waals surface area contributed by atoms with Crippen LogP contribution in [0.15, 0.2) is 54.6 Å². The van der Waals surface area contributed by atoms with Crippen molar-refractivity contribution >= 4 is 17.5 Å². The predicted molar refractivity (Wildman–Crippen MR) is 90.4 cm³/mol. The lowest BCUT2D eigenvalue weighted by molar-refractivity contribution is 0.0754. The molecular formula is C19H20ClNO. The molecule has 1 aliphatic heterocycles. The molecule has 1 aliphatic rings. The standard InChI is InChI=1S/C19H20ClNO/c20-18-11-6-10-16(13-18)19(22)21-12-5-4-9-17(14-21)15-7-2-1-3-8-15/h1-3,6-8,10-11,13,17H,4-5,9,12,14H2. The smallest absolute Gasteiger partial charge is 0.253 e. The van der Waals surface area contributed by atoms with Gasteiger partial charge in [0, 0.05) is 29.6 Å². The van der Waals surface area contributed by atoms with E-state index in [0.717, 1.165) is 25.9 Å². The van der Waals surface area contributed by atoms with Gasteiger partial charge in [-0.2, -0.15) is 0 Å². The monoisotopic (exact) mass is 313 g/mol. The molecule has 3 heteroatoms. The van der Waals surface area contributed by atoms with Crippen molar-refractivity contribution in [3.63, 3.8) is 0 Å². The van der Waals surface area contributed by atoms with Gasteiger partial charge in [-0.05, 0) is 36.6 Å². The highest BCUT2D eigenvalue weighted by Gasteiger charge is 2.23. The van der Waals surface area contributed by atoms with Gasteiger partial charge in [0.05, 0.1) is 0 Å². The molecule has 1 amide bonds. The van der Waals surface area contributed by atoms with Crippen LogP contribution in [0, 0.1) is 0 Å². The van der Waals surface area contributed by atoms with Gasteiger partial charge in [-0.15, -0.1) is 0 Å². The minimum atomic E-state index is 0.0883. The highest BCUT2D eigenvalue weighted by atomic mass is 35.5. The SMILES string of the molecule is O=C(c1cccc(Cl)c1)N1CCCCC(c2ccccc2)C1. The van der Waals surface area contributed by atoms with E-state index in [1.54, 1.807) is 12.1 Å². The molecule has 0 saturated carbocycles. The van der Waals surface area contributed by atoms with Crippen molar-refractivity contribution in [1.82, 2.24) is 4.90 Å². The zero-order chi connectivity index (χ0) is 15.4. The van der Waals surface area contributed by atoms with Crippen LogP contribution >= 0.6 is 11.6 Å². The van der Waals surface area contributed by atoms with Gasteiger partial charge in [0.1, 0.15) is 0 Å². The summed E-state index contributed by atoms with van der Waals surface area (Å²) in [5.41, 5.74) is 2.01. The highest BCUT2D eigenvalue weighted by Crippen LogP contribution is 2.27. The van der Waals surface area contributed by atoms with Crippen LogP contribution in [0.25, 0.3) is 0 Å². The summed E-state index contributed by atoms with van der Waals surface area (Å²) in [7, 11) is 0. The summed E-state index contributed by atoms with van der Waals surface area (Å²) in [4.78, 5) is 14.7. The second kappa shape index (κ2) is 6.97. The average molecular weight is 314 g/mol. The maximum Gasteiger partial charge on any atom is 0.253 e. The number of hydrogen-bond donors (Lipinski definition) is 0. The third-order valence-electron chi connectivity index (χ3n) is 4.30. The summed E-state index contributed by atoms with van der Waals surface area (Å²) >= 11 is 6.01. The Balaban J connectivity index is 1.79. The number of rotatable bonds is 2. The molecule has 0 aliphatic carbocycles. The topological polar surface area (TPSA) is 20.3 Å². The van der Waals surface area contributed by atoms with Gasteiger partial charge in [0.2, 0.25) is 0 Å². The Kier molecular flexibility index (Phi) is 4.79. The summed E-state index contributed by atoms with van der Waals surface area (Å²) in [5.74, 6) is 0.511. The van der Waals surface area contributed by atoms with E-state index in [0.29, 0.717) is 16.5 Å². The molecular weight excluding hydrogens is 294 g/mol. The van der Waals surface area contributed by atoms with Gasteiger partial charge in [-0.1, -0.05) is 54.4 Å². The molecule has 1 fully saturated rings. The molecule has 1 atom stereocenters. The van der Waals surface area contributed by atoms with E-state index < -0.39 is 0 Å². The summed E-state index contributed by atoms with van der Waals surface area (Å²) < 4.78 is 0. The van der Waals surface area contributed by atoms with Gasteiger partial charge < -0.3 is 4.90 Å². The number of nitrogens with zero attached hydrogens (tertiary/aromatic N) is 1. The maximum absolute atomic E-state index is 12.7. The van der Waals surface area contributed by atoms with Gasteiger partial charge in [0.25, 0.3) is 5.91 Å². The summed E-state index contributed by atoms with van der Waals surface area (Å²) in [6.45, 7) is 1.62. The third-order valence-corrected chi connectivity index (χ3v) is 4.54. The van der Waals surface area contributed by atoms with Crippen molar-refractivity contribution in [2.24, 2.45) is 0 Å². The molecule has 0 aromatic heterocycles. The molecule has 2 aromatic rings. The Morgan fingerprint density at radius 3 is 2.64 bits per heavy atom. The predicted octanol–water partition coefficient (Wildman–Crippen LogP) is 4.75. The quantitative estimate of drug-likeness (QED) is 0.783. The molecule has 0 spiro atoms. The van der Waals surface area contributed by atoms with Crippen LogP contribution in [-0.4, -0.2) is 23.9 Å². The first kappa shape index (κ1) is 15.1. The summed E-state index contributed by atoms with van der Waals surface area (Å²) in [6.07, 6.45) is 3.37. The van der Waals surface area contributed by atoms with E-state index in [-0.39, 0.29) is 5.91 Å². The number of carbonyl (C=O) groups excluding carboxylic acids is 1. The average Bonchev–Trinajstić information content (AvgIpc) is 2.81. The Bertz CT molecular complexity index is 641. The molecule has 0 N–H and O–H groups in total. The van der Waals surface area contributed by atoms with Crippen LogP contribution in [0.5, 0.6) is 0 Å². The van der Waals surface area contributed by atoms with Gasteiger partial charge in [-0.3, -0.25) is 4.79 Å². The molecule has 1 unspecified atom stereocenters. The van der Waals surface area contributed by atoms with Crippen molar-refractivity contribution in [2.45, 2.75) is 25.2 Å². The molecule has 114 valence electrons. The van der Waals surface area contributed by atoms with Crippen molar-refractivity contribution in [3.05, 3.63) is 70.7 Å². The van der Waals surface area contributed by atoms with Gasteiger partial charge >= 0.3 is 0 Å². The lowest BCUT2D eigenvalue weighted by atomic mass is 9.94. The fourth-order valence-electron chi connectivity index (χ4n) is 3.13. The van der Waals surface area contributed by atoms with Crippen LogP contribution in [0.3, 0.4) is 0 Å². The second-order valence-electron chi connectivity index (χ2n) is 5.86. The van der Waals surface area contributed by atoms with Crippen molar-refractivity contribution < 1.29 is 4.79 Å². The van der Waals surface area contributed by atoms with Crippen molar-refractivity contribution in [2.75, 3.05) is 13.1 Å². The van der Waals surface area contributed by atoms with E-state index in [1.807, 2.05) is 23.1 Å². The Labute approximate surface area is 136 Å². The highest BCUT2D eigenvalue weighted by molar-refractivity contribution is 6.30. The molecule has 3 rings (SSSR count). The normalized spacial score (nSPS) is 18.8. The Morgan fingerprint density at radius 1 is 1.05 bits per heavy atom. The van der Waals surface area contributed by atoms with Gasteiger partial charge in [-0.25, -0.2) is 0 Å². The minimum absolute atomic E-state index is 0.0883. The molecule has 0 radical (unpaired) electrons. The number of halogens is 1. The van der Waals surface area contributed by atoms with Crippen LogP contribution < -0.4 is 0 Å². The number of benzene rings is 2. The number of hydrogen-bond acceptors (Lipinski definition) is 1. The Morgan fingerprint density at radius 2 is 1.86 bits per heavy atom. The molecule has 1 saturated heterocycles. The first-order valence-electron chi connectivity index (χ1n) is 7.84. The summed E-state index contributed by atoms with van der Waals surface area (Å²) in [5, 5.41) is 0.611. The van der Waals surface area contributed by atoms with E-state index in [9.17, 15) is 4.79 Å². The minimum Gasteiger partial charge on any atom is -0.338 e. The fraction of sp³-hybridized carbons (Fsp3) is 0.316.